The average Bonchev–Trinajstić information content (AvgIpc) is 3.06. The molecule has 0 radical (unpaired) electrons. The Hall–Kier alpha value is -2.02. The third kappa shape index (κ3) is 3.87. The van der Waals surface area contributed by atoms with Crippen molar-refractivity contribution in [1.82, 2.24) is 20.3 Å². The summed E-state index contributed by atoms with van der Waals surface area (Å²) in [5, 5.41) is 11.5. The van der Waals surface area contributed by atoms with E-state index in [9.17, 15) is 9.18 Å². The van der Waals surface area contributed by atoms with Crippen LogP contribution in [0.1, 0.15) is 51.0 Å². The lowest BCUT2D eigenvalue weighted by Gasteiger charge is -2.30. The summed E-state index contributed by atoms with van der Waals surface area (Å²) >= 11 is 0. The minimum atomic E-state index is -0.284. The van der Waals surface area contributed by atoms with Crippen LogP contribution in [0.5, 0.6) is 0 Å². The summed E-state index contributed by atoms with van der Waals surface area (Å²) in [5.74, 6) is -0.0974. The van der Waals surface area contributed by atoms with Gasteiger partial charge in [-0.2, -0.15) is 0 Å². The molecular formula is C19H27FN5O+. The maximum Gasteiger partial charge on any atom is 0.275 e. The normalized spacial score (nSPS) is 24.7. The van der Waals surface area contributed by atoms with Crippen molar-refractivity contribution in [2.24, 2.45) is 0 Å². The standard InChI is InChI=1S/C19H26FN5O/c20-14-6-7-18-17(12-14)22-23-25(18)16-8-10-24(11-9-16)13-19(26)21-15-4-2-1-3-5-15/h6-7,12,15-16H,1-5,8-11,13H2,(H,21,26)/p+1. The van der Waals surface area contributed by atoms with E-state index in [2.05, 4.69) is 15.6 Å². The van der Waals surface area contributed by atoms with Crippen molar-refractivity contribution in [3.63, 3.8) is 0 Å². The lowest BCUT2D eigenvalue weighted by molar-refractivity contribution is -0.897. The quantitative estimate of drug-likeness (QED) is 0.862. The molecule has 2 aromatic rings. The van der Waals surface area contributed by atoms with Crippen LogP contribution in [-0.2, 0) is 4.79 Å². The molecule has 2 N–H and O–H groups in total. The molecule has 2 fully saturated rings. The van der Waals surface area contributed by atoms with Crippen molar-refractivity contribution in [2.75, 3.05) is 19.6 Å². The molecule has 0 unspecified atom stereocenters. The molecule has 1 aliphatic heterocycles. The Morgan fingerprint density at radius 2 is 1.96 bits per heavy atom. The number of hydrogen-bond acceptors (Lipinski definition) is 3. The smallest absolute Gasteiger partial charge is 0.275 e. The number of hydrogen-bond donors (Lipinski definition) is 2. The van der Waals surface area contributed by atoms with Crippen LogP contribution in [0.4, 0.5) is 4.39 Å². The number of aromatic nitrogens is 3. The van der Waals surface area contributed by atoms with Gasteiger partial charge in [0.25, 0.3) is 5.91 Å². The molecule has 1 aromatic carbocycles. The van der Waals surface area contributed by atoms with Crippen molar-refractivity contribution in [3.05, 3.63) is 24.0 Å². The number of carbonyl (C=O) groups excluding carboxylic acids is 1. The van der Waals surface area contributed by atoms with Gasteiger partial charge in [-0.15, -0.1) is 5.10 Å². The minimum absolute atomic E-state index is 0.187. The molecule has 1 aliphatic carbocycles. The van der Waals surface area contributed by atoms with E-state index in [1.807, 2.05) is 4.68 Å². The van der Waals surface area contributed by atoms with Crippen molar-refractivity contribution < 1.29 is 14.1 Å². The first-order valence-electron chi connectivity index (χ1n) is 9.82. The largest absolute Gasteiger partial charge is 0.348 e. The Balaban J connectivity index is 1.30. The van der Waals surface area contributed by atoms with Gasteiger partial charge in [-0.1, -0.05) is 24.5 Å². The molecular weight excluding hydrogens is 333 g/mol. The summed E-state index contributed by atoms with van der Waals surface area (Å²) in [5.41, 5.74) is 1.49. The lowest BCUT2D eigenvalue weighted by atomic mass is 9.95. The van der Waals surface area contributed by atoms with Crippen LogP contribution in [0.2, 0.25) is 0 Å². The van der Waals surface area contributed by atoms with Crippen molar-refractivity contribution in [2.45, 2.75) is 57.0 Å². The van der Waals surface area contributed by atoms with Crippen LogP contribution in [0, 0.1) is 5.82 Å². The van der Waals surface area contributed by atoms with E-state index in [0.717, 1.165) is 44.3 Å². The number of benzene rings is 1. The number of carbonyl (C=O) groups is 1. The van der Waals surface area contributed by atoms with Crippen LogP contribution >= 0.6 is 0 Å². The number of quaternary nitrogens is 1. The second kappa shape index (κ2) is 7.70. The van der Waals surface area contributed by atoms with E-state index in [1.165, 1.54) is 36.3 Å². The molecule has 140 valence electrons. The summed E-state index contributed by atoms with van der Waals surface area (Å²) < 4.78 is 15.2. The molecule has 2 aliphatic rings. The first kappa shape index (κ1) is 17.4. The molecule has 0 spiro atoms. The molecule has 26 heavy (non-hydrogen) atoms. The molecule has 7 heteroatoms. The van der Waals surface area contributed by atoms with E-state index < -0.39 is 0 Å². The van der Waals surface area contributed by atoms with Crippen LogP contribution < -0.4 is 10.2 Å². The second-order valence-electron chi connectivity index (χ2n) is 7.73. The average molecular weight is 360 g/mol. The van der Waals surface area contributed by atoms with E-state index in [0.29, 0.717) is 18.1 Å². The van der Waals surface area contributed by atoms with E-state index >= 15 is 0 Å². The maximum absolute atomic E-state index is 13.3. The van der Waals surface area contributed by atoms with Gasteiger partial charge in [-0.25, -0.2) is 9.07 Å². The maximum atomic E-state index is 13.3. The second-order valence-corrected chi connectivity index (χ2v) is 7.73. The van der Waals surface area contributed by atoms with Crippen molar-refractivity contribution in [1.29, 1.82) is 0 Å². The lowest BCUT2D eigenvalue weighted by Crippen LogP contribution is -3.14. The van der Waals surface area contributed by atoms with Crippen LogP contribution in [0.25, 0.3) is 11.0 Å². The molecule has 1 saturated carbocycles. The first-order valence-corrected chi connectivity index (χ1v) is 9.82. The topological polar surface area (TPSA) is 64.2 Å². The molecule has 0 bridgehead atoms. The Morgan fingerprint density at radius 1 is 1.19 bits per heavy atom. The van der Waals surface area contributed by atoms with E-state index in [4.69, 9.17) is 0 Å². The highest BCUT2D eigenvalue weighted by Gasteiger charge is 2.27. The summed E-state index contributed by atoms with van der Waals surface area (Å²) in [6, 6.07) is 5.29. The Bertz CT molecular complexity index is 762. The number of piperidine rings is 1. The van der Waals surface area contributed by atoms with Crippen LogP contribution in [0.3, 0.4) is 0 Å². The highest BCUT2D eigenvalue weighted by atomic mass is 19.1. The van der Waals surface area contributed by atoms with Crippen molar-refractivity contribution in [3.8, 4) is 0 Å². The molecule has 1 saturated heterocycles. The van der Waals surface area contributed by atoms with Gasteiger partial charge in [0.05, 0.1) is 24.6 Å². The predicted octanol–water partition coefficient (Wildman–Crippen LogP) is 1.24. The van der Waals surface area contributed by atoms with Crippen LogP contribution in [-0.4, -0.2) is 46.6 Å². The Kier molecular flexibility index (Phi) is 5.15. The number of likely N-dealkylation sites (tertiary alicyclic amines) is 1. The summed E-state index contributed by atoms with van der Waals surface area (Å²) in [6.45, 7) is 2.46. The Morgan fingerprint density at radius 3 is 2.73 bits per heavy atom. The molecule has 4 rings (SSSR count). The van der Waals surface area contributed by atoms with Gasteiger partial charge in [-0.05, 0) is 25.0 Å². The molecule has 2 heterocycles. The van der Waals surface area contributed by atoms with Gasteiger partial charge in [-0.3, -0.25) is 4.79 Å². The zero-order valence-corrected chi connectivity index (χ0v) is 15.1. The summed E-state index contributed by atoms with van der Waals surface area (Å²) in [7, 11) is 0. The first-order chi connectivity index (χ1) is 12.7. The van der Waals surface area contributed by atoms with Gasteiger partial charge in [0, 0.05) is 24.9 Å². The number of halogens is 1. The zero-order chi connectivity index (χ0) is 17.9. The third-order valence-electron chi connectivity index (χ3n) is 5.82. The van der Waals surface area contributed by atoms with Gasteiger partial charge in [0.2, 0.25) is 0 Å². The molecule has 1 amide bonds. The fourth-order valence-corrected chi connectivity index (χ4v) is 4.37. The number of fused-ring (bicyclic) bond motifs is 1. The summed E-state index contributed by atoms with van der Waals surface area (Å²) in [6.07, 6.45) is 7.95. The highest BCUT2D eigenvalue weighted by Crippen LogP contribution is 2.22. The zero-order valence-electron chi connectivity index (χ0n) is 15.1. The fraction of sp³-hybridized carbons (Fsp3) is 0.632. The highest BCUT2D eigenvalue weighted by molar-refractivity contribution is 5.77. The molecule has 1 aromatic heterocycles. The van der Waals surface area contributed by atoms with Gasteiger partial charge < -0.3 is 10.2 Å². The van der Waals surface area contributed by atoms with Gasteiger partial charge >= 0.3 is 0 Å². The molecule has 6 nitrogen and oxygen atoms in total. The monoisotopic (exact) mass is 360 g/mol. The molecule has 0 atom stereocenters. The third-order valence-corrected chi connectivity index (χ3v) is 5.82. The Labute approximate surface area is 152 Å². The van der Waals surface area contributed by atoms with Crippen LogP contribution in [0.15, 0.2) is 18.2 Å². The van der Waals surface area contributed by atoms with E-state index in [1.54, 1.807) is 6.07 Å². The predicted molar refractivity (Wildman–Crippen MR) is 96.3 cm³/mol. The number of rotatable bonds is 4. The minimum Gasteiger partial charge on any atom is -0.348 e. The van der Waals surface area contributed by atoms with Gasteiger partial charge in [0.1, 0.15) is 11.3 Å². The SMILES string of the molecule is O=C(C[NH+]1CCC(n2nnc3cc(F)ccc32)CC1)NC1CCCCC1. The number of nitrogens with one attached hydrogen (secondary N) is 2. The number of nitrogens with zero attached hydrogens (tertiary/aromatic N) is 3. The fourth-order valence-electron chi connectivity index (χ4n) is 4.37. The van der Waals surface area contributed by atoms with E-state index in [-0.39, 0.29) is 17.8 Å². The number of amides is 1. The van der Waals surface area contributed by atoms with Gasteiger partial charge in [0.15, 0.2) is 6.54 Å². The van der Waals surface area contributed by atoms with Crippen molar-refractivity contribution >= 4 is 16.9 Å². The summed E-state index contributed by atoms with van der Waals surface area (Å²) in [4.78, 5) is 13.6.